The van der Waals surface area contributed by atoms with E-state index in [0.717, 1.165) is 17.1 Å². The van der Waals surface area contributed by atoms with Gasteiger partial charge in [-0.3, -0.25) is 9.69 Å². The van der Waals surface area contributed by atoms with E-state index in [0.29, 0.717) is 19.4 Å². The second-order valence-electron chi connectivity index (χ2n) is 7.71. The number of hydrogen-bond acceptors (Lipinski definition) is 5. The molecular formula is C19H27Cl2N5O4S. The van der Waals surface area contributed by atoms with E-state index >= 15 is 0 Å². The Labute approximate surface area is 192 Å². The van der Waals surface area contributed by atoms with Gasteiger partial charge >= 0.3 is 6.03 Å². The Balaban J connectivity index is 1.89. The molecule has 2 fully saturated rings. The molecule has 0 radical (unpaired) electrons. The first-order chi connectivity index (χ1) is 14.6. The summed E-state index contributed by atoms with van der Waals surface area (Å²) in [5, 5.41) is 5.86. The number of nitrogens with two attached hydrogens (primary N) is 1. The fourth-order valence-corrected chi connectivity index (χ4v) is 5.84. The third-order valence-corrected chi connectivity index (χ3v) is 8.16. The van der Waals surface area contributed by atoms with Gasteiger partial charge in [-0.1, -0.05) is 23.2 Å². The van der Waals surface area contributed by atoms with Gasteiger partial charge in [-0.2, -0.15) is 4.31 Å². The van der Waals surface area contributed by atoms with Crippen LogP contribution in [0.2, 0.25) is 10.0 Å². The predicted molar refractivity (Wildman–Crippen MR) is 118 cm³/mol. The number of nitrogens with one attached hydrogen (secondary N) is 2. The number of rotatable bonds is 5. The van der Waals surface area contributed by atoms with Crippen LogP contribution in [0.15, 0.2) is 23.1 Å². The summed E-state index contributed by atoms with van der Waals surface area (Å²) in [7, 11) is -4.12. The lowest BCUT2D eigenvalue weighted by Gasteiger charge is -2.32. The van der Waals surface area contributed by atoms with E-state index in [1.807, 2.05) is 0 Å². The second-order valence-corrected chi connectivity index (χ2v) is 10.4. The third-order valence-electron chi connectivity index (χ3n) is 5.57. The van der Waals surface area contributed by atoms with Crippen LogP contribution in [0.25, 0.3) is 0 Å². The van der Waals surface area contributed by atoms with Crippen LogP contribution < -0.4 is 16.4 Å². The quantitative estimate of drug-likeness (QED) is 0.578. The van der Waals surface area contributed by atoms with Gasteiger partial charge in [0, 0.05) is 31.7 Å². The van der Waals surface area contributed by atoms with Crippen molar-refractivity contribution in [3.8, 4) is 0 Å². The van der Waals surface area contributed by atoms with Crippen molar-refractivity contribution in [1.29, 1.82) is 0 Å². The maximum atomic E-state index is 13.3. The van der Waals surface area contributed by atoms with Gasteiger partial charge in [0.1, 0.15) is 0 Å². The van der Waals surface area contributed by atoms with Gasteiger partial charge in [0.05, 0.1) is 14.9 Å². The van der Waals surface area contributed by atoms with Gasteiger partial charge in [-0.25, -0.2) is 13.2 Å². The van der Waals surface area contributed by atoms with Crippen molar-refractivity contribution in [1.82, 2.24) is 19.8 Å². The van der Waals surface area contributed by atoms with Gasteiger partial charge in [0.2, 0.25) is 10.0 Å². The highest BCUT2D eigenvalue weighted by molar-refractivity contribution is 7.89. The number of sulfonamides is 1. The molecule has 1 aliphatic carbocycles. The Bertz CT molecular complexity index is 937. The Morgan fingerprint density at radius 2 is 1.81 bits per heavy atom. The first-order valence-electron chi connectivity index (χ1n) is 10.2. The fourth-order valence-electron chi connectivity index (χ4n) is 3.91. The monoisotopic (exact) mass is 491 g/mol. The molecule has 1 aromatic rings. The van der Waals surface area contributed by atoms with Crippen LogP contribution in [0.1, 0.15) is 32.6 Å². The molecule has 1 atom stereocenters. The van der Waals surface area contributed by atoms with Crippen molar-refractivity contribution in [2.24, 2.45) is 5.73 Å². The number of amides is 3. The Morgan fingerprint density at radius 3 is 2.42 bits per heavy atom. The van der Waals surface area contributed by atoms with Gasteiger partial charge in [0.15, 0.2) is 6.17 Å². The van der Waals surface area contributed by atoms with Crippen LogP contribution in [-0.4, -0.2) is 67.4 Å². The highest BCUT2D eigenvalue weighted by atomic mass is 35.5. The number of nitrogens with zero attached hydrogens (tertiary/aromatic N) is 2. The molecular weight excluding hydrogens is 465 g/mol. The Hall–Kier alpha value is -1.59. The number of benzene rings is 1. The van der Waals surface area contributed by atoms with E-state index in [-0.39, 0.29) is 40.1 Å². The minimum Gasteiger partial charge on any atom is -0.350 e. The molecule has 3 amide bonds. The van der Waals surface area contributed by atoms with Gasteiger partial charge in [-0.15, -0.1) is 0 Å². The largest absolute Gasteiger partial charge is 0.350 e. The zero-order valence-corrected chi connectivity index (χ0v) is 19.5. The predicted octanol–water partition coefficient (Wildman–Crippen LogP) is 1.74. The zero-order chi connectivity index (χ0) is 22.8. The van der Waals surface area contributed by atoms with Crippen molar-refractivity contribution in [2.45, 2.75) is 55.8 Å². The van der Waals surface area contributed by atoms with E-state index in [9.17, 15) is 18.0 Å². The number of hydrogen-bond donors (Lipinski definition) is 3. The molecule has 1 aromatic carbocycles. The summed E-state index contributed by atoms with van der Waals surface area (Å²) >= 11 is 11.9. The Morgan fingerprint density at radius 1 is 1.13 bits per heavy atom. The van der Waals surface area contributed by atoms with Crippen molar-refractivity contribution in [2.75, 3.05) is 19.6 Å². The van der Waals surface area contributed by atoms with E-state index < -0.39 is 28.1 Å². The highest BCUT2D eigenvalue weighted by Gasteiger charge is 2.47. The summed E-state index contributed by atoms with van der Waals surface area (Å²) in [6.45, 7) is 2.16. The van der Waals surface area contributed by atoms with Crippen molar-refractivity contribution in [3.63, 3.8) is 0 Å². The second kappa shape index (κ2) is 9.91. The van der Waals surface area contributed by atoms with Crippen LogP contribution in [0, 0.1) is 0 Å². The Kier molecular flexibility index (Phi) is 7.69. The maximum absolute atomic E-state index is 13.3. The average molecular weight is 492 g/mol. The lowest BCUT2D eigenvalue weighted by atomic mass is 9.92. The van der Waals surface area contributed by atoms with Crippen LogP contribution in [-0.2, 0) is 14.8 Å². The highest BCUT2D eigenvalue weighted by Crippen LogP contribution is 2.30. The average Bonchev–Trinajstić information content (AvgIpc) is 3.18. The van der Waals surface area contributed by atoms with Crippen molar-refractivity contribution < 1.29 is 18.0 Å². The number of carbonyl (C=O) groups excluding carboxylic acids is 2. The molecule has 172 valence electrons. The SMILES string of the molecule is CCNC(=O)N1CCN(S(=O)(=O)c2ccc(Cl)c(Cl)c2)C1C(=O)NC1CCC(N)CC1. The molecule has 1 saturated heterocycles. The lowest BCUT2D eigenvalue weighted by molar-refractivity contribution is -0.128. The fraction of sp³-hybridized carbons (Fsp3) is 0.579. The van der Waals surface area contributed by atoms with Crippen LogP contribution >= 0.6 is 23.2 Å². The zero-order valence-electron chi connectivity index (χ0n) is 17.2. The van der Waals surface area contributed by atoms with Crippen LogP contribution in [0.5, 0.6) is 0 Å². The summed E-state index contributed by atoms with van der Waals surface area (Å²) in [5.41, 5.74) is 5.93. The van der Waals surface area contributed by atoms with Gasteiger partial charge in [-0.05, 0) is 50.8 Å². The lowest BCUT2D eigenvalue weighted by Crippen LogP contribution is -2.57. The first kappa shape index (κ1) is 24.1. The smallest absolute Gasteiger partial charge is 0.319 e. The molecule has 0 spiro atoms. The maximum Gasteiger partial charge on any atom is 0.319 e. The van der Waals surface area contributed by atoms with E-state index in [1.165, 1.54) is 23.1 Å². The van der Waals surface area contributed by atoms with Gasteiger partial charge in [0.25, 0.3) is 5.91 Å². The molecule has 1 saturated carbocycles. The molecule has 1 unspecified atom stereocenters. The minimum absolute atomic E-state index is 0.0205. The van der Waals surface area contributed by atoms with E-state index in [2.05, 4.69) is 10.6 Å². The molecule has 31 heavy (non-hydrogen) atoms. The van der Waals surface area contributed by atoms with Crippen molar-refractivity contribution in [3.05, 3.63) is 28.2 Å². The molecule has 0 aromatic heterocycles. The summed E-state index contributed by atoms with van der Waals surface area (Å²) in [6.07, 6.45) is 1.67. The number of halogens is 2. The molecule has 3 rings (SSSR count). The topological polar surface area (TPSA) is 125 Å². The van der Waals surface area contributed by atoms with E-state index in [4.69, 9.17) is 28.9 Å². The summed E-state index contributed by atoms with van der Waals surface area (Å²) in [6, 6.07) is 3.45. The molecule has 1 heterocycles. The molecule has 1 aliphatic heterocycles. The molecule has 12 heteroatoms. The van der Waals surface area contributed by atoms with Crippen LogP contribution in [0.3, 0.4) is 0 Å². The molecule has 9 nitrogen and oxygen atoms in total. The molecule has 4 N–H and O–H groups in total. The molecule has 0 bridgehead atoms. The van der Waals surface area contributed by atoms with Gasteiger partial charge < -0.3 is 16.4 Å². The normalized spacial score (nSPS) is 24.8. The summed E-state index contributed by atoms with van der Waals surface area (Å²) in [4.78, 5) is 26.9. The number of urea groups is 1. The standard InChI is InChI=1S/C19H27Cl2N5O4S/c1-2-23-19(28)25-9-10-26(31(29,30)14-7-8-15(20)16(21)11-14)18(25)17(27)24-13-5-3-12(22)4-6-13/h7-8,11-13,18H,2-6,9-10,22H2,1H3,(H,23,28)(H,24,27). The molecule has 2 aliphatic rings. The third kappa shape index (κ3) is 5.25. The first-order valence-corrected chi connectivity index (χ1v) is 12.4. The van der Waals surface area contributed by atoms with E-state index in [1.54, 1.807) is 6.92 Å². The van der Waals surface area contributed by atoms with Crippen LogP contribution in [0.4, 0.5) is 4.79 Å². The number of carbonyl (C=O) groups is 2. The minimum atomic E-state index is -4.12. The van der Waals surface area contributed by atoms with Crippen molar-refractivity contribution >= 4 is 45.2 Å². The summed E-state index contributed by atoms with van der Waals surface area (Å²) in [5.74, 6) is -0.534. The summed E-state index contributed by atoms with van der Waals surface area (Å²) < 4.78 is 27.7.